The third kappa shape index (κ3) is 4.84. The Labute approximate surface area is 219 Å². The molecule has 1 amide bonds. The summed E-state index contributed by atoms with van der Waals surface area (Å²) in [6, 6.07) is 19.4. The number of hydrogen-bond donors (Lipinski definition) is 1. The Bertz CT molecular complexity index is 1370. The van der Waals surface area contributed by atoms with Gasteiger partial charge in [-0.25, -0.2) is 4.79 Å². The number of aromatic nitrogens is 1. The van der Waals surface area contributed by atoms with Crippen LogP contribution in [0, 0.1) is 0 Å². The summed E-state index contributed by atoms with van der Waals surface area (Å²) in [6.07, 6.45) is 0. The van der Waals surface area contributed by atoms with Gasteiger partial charge >= 0.3 is 5.97 Å². The van der Waals surface area contributed by atoms with Crippen LogP contribution in [0.1, 0.15) is 9.67 Å². The highest BCUT2D eigenvalue weighted by Gasteiger charge is 2.27. The molecule has 7 nitrogen and oxygen atoms in total. The second kappa shape index (κ2) is 10.7. The van der Waals surface area contributed by atoms with Gasteiger partial charge in [0.2, 0.25) is 5.91 Å². The smallest absolute Gasteiger partial charge is 0.345 e. The molecule has 0 saturated carbocycles. The highest BCUT2D eigenvalue weighted by atomic mass is 35.5. The molecule has 1 aliphatic heterocycles. The Morgan fingerprint density at radius 1 is 0.972 bits per heavy atom. The van der Waals surface area contributed by atoms with Gasteiger partial charge in [0.05, 0.1) is 23.0 Å². The molecule has 188 valence electrons. The van der Waals surface area contributed by atoms with E-state index in [0.29, 0.717) is 13.1 Å². The minimum Gasteiger partial charge on any atom is -0.497 e. The van der Waals surface area contributed by atoms with Crippen LogP contribution in [-0.4, -0.2) is 71.7 Å². The van der Waals surface area contributed by atoms with Crippen molar-refractivity contribution in [2.75, 3.05) is 40.3 Å². The van der Waals surface area contributed by atoms with Crippen LogP contribution in [-0.2, 0) is 11.3 Å². The van der Waals surface area contributed by atoms with Crippen molar-refractivity contribution in [2.24, 2.45) is 0 Å². The molecule has 0 unspecified atom stereocenters. The van der Waals surface area contributed by atoms with Gasteiger partial charge in [-0.2, -0.15) is 0 Å². The first kappa shape index (κ1) is 25.8. The average molecular weight is 526 g/mol. The Morgan fingerprint density at radius 2 is 1.64 bits per heavy atom. The number of carboxylic acids is 1. The van der Waals surface area contributed by atoms with Gasteiger partial charge in [-0.15, -0.1) is 23.7 Å². The first-order valence-corrected chi connectivity index (χ1v) is 12.3. The standard InChI is InChI=1S/C27H27N3O4S.ClH/c1-28-12-14-29(15-13-28)23(31)17-30-21-16-22(27(32)33)35-26(21)24(18-6-4-3-5-7-18)25(30)19-8-10-20(34-2)11-9-19;/h3-11,16H,12-15,17H2,1-2H3,(H,32,33);1H. The molecule has 0 bridgehead atoms. The molecule has 0 spiro atoms. The van der Waals surface area contributed by atoms with Crippen LogP contribution < -0.4 is 4.74 Å². The number of carbonyl (C=O) groups excluding carboxylic acids is 1. The van der Waals surface area contributed by atoms with Crippen molar-refractivity contribution in [3.05, 3.63) is 65.5 Å². The van der Waals surface area contributed by atoms with E-state index in [1.165, 1.54) is 11.3 Å². The normalized spacial score (nSPS) is 14.0. The van der Waals surface area contributed by atoms with Crippen LogP contribution >= 0.6 is 23.7 Å². The van der Waals surface area contributed by atoms with Gasteiger partial charge in [0.25, 0.3) is 0 Å². The van der Waals surface area contributed by atoms with Crippen LogP contribution in [0.3, 0.4) is 0 Å². The number of carboxylic acid groups (broad SMARTS) is 1. The fraction of sp³-hybridized carbons (Fsp3) is 0.259. The predicted octanol–water partition coefficient (Wildman–Crippen LogP) is 4.94. The third-order valence-corrected chi connectivity index (χ3v) is 7.65. The summed E-state index contributed by atoms with van der Waals surface area (Å²) < 4.78 is 8.21. The Kier molecular flexibility index (Phi) is 7.68. The molecule has 2 aromatic carbocycles. The second-order valence-corrected chi connectivity index (χ2v) is 9.77. The van der Waals surface area contributed by atoms with Crippen LogP contribution in [0.5, 0.6) is 5.75 Å². The first-order valence-electron chi connectivity index (χ1n) is 11.5. The number of benzene rings is 2. The molecule has 2 aromatic heterocycles. The van der Waals surface area contributed by atoms with E-state index in [-0.39, 0.29) is 29.7 Å². The van der Waals surface area contributed by atoms with Crippen LogP contribution in [0.15, 0.2) is 60.7 Å². The molecular weight excluding hydrogens is 498 g/mol. The zero-order valence-corrected chi connectivity index (χ0v) is 21.8. The van der Waals surface area contributed by atoms with Crippen molar-refractivity contribution in [1.82, 2.24) is 14.4 Å². The molecule has 36 heavy (non-hydrogen) atoms. The number of thiophene rings is 1. The van der Waals surface area contributed by atoms with Crippen molar-refractivity contribution in [3.63, 3.8) is 0 Å². The van der Waals surface area contributed by atoms with Gasteiger partial charge in [-0.1, -0.05) is 30.3 Å². The number of likely N-dealkylation sites (N-methyl/N-ethyl adjacent to an activating group) is 1. The van der Waals surface area contributed by atoms with Crippen LogP contribution in [0.4, 0.5) is 0 Å². The third-order valence-electron chi connectivity index (χ3n) is 6.52. The summed E-state index contributed by atoms with van der Waals surface area (Å²) in [7, 11) is 3.69. The van der Waals surface area contributed by atoms with E-state index in [2.05, 4.69) is 11.9 Å². The summed E-state index contributed by atoms with van der Waals surface area (Å²) >= 11 is 1.25. The van der Waals surface area contributed by atoms with Crippen molar-refractivity contribution in [1.29, 1.82) is 0 Å². The summed E-state index contributed by atoms with van der Waals surface area (Å²) in [6.45, 7) is 3.20. The largest absolute Gasteiger partial charge is 0.497 e. The van der Waals surface area contributed by atoms with Gasteiger partial charge in [-0.3, -0.25) is 4.79 Å². The Balaban J connectivity index is 0.00000304. The molecule has 1 N–H and O–H groups in total. The number of aromatic carboxylic acids is 1. The van der Waals surface area contributed by atoms with Crippen LogP contribution in [0.25, 0.3) is 32.6 Å². The average Bonchev–Trinajstić information content (AvgIpc) is 3.43. The quantitative estimate of drug-likeness (QED) is 0.386. The molecule has 1 fully saturated rings. The van der Waals surface area contributed by atoms with E-state index in [0.717, 1.165) is 51.4 Å². The lowest BCUT2D eigenvalue weighted by atomic mass is 10.0. The lowest BCUT2D eigenvalue weighted by molar-refractivity contribution is -0.133. The monoisotopic (exact) mass is 525 g/mol. The second-order valence-electron chi connectivity index (χ2n) is 8.72. The van der Waals surface area contributed by atoms with Gasteiger partial charge in [0.1, 0.15) is 17.2 Å². The molecule has 4 aromatic rings. The summed E-state index contributed by atoms with van der Waals surface area (Å²) in [5.74, 6) is -0.183. The number of hydrogen-bond acceptors (Lipinski definition) is 5. The SMILES string of the molecule is COc1ccc(-c2c(-c3ccccc3)c3sc(C(=O)O)cc3n2CC(=O)N2CCN(C)CC2)cc1.Cl. The number of nitrogens with zero attached hydrogens (tertiary/aromatic N) is 3. The topological polar surface area (TPSA) is 75.0 Å². The maximum absolute atomic E-state index is 13.4. The lowest BCUT2D eigenvalue weighted by Crippen LogP contribution is -2.48. The Morgan fingerprint density at radius 3 is 2.25 bits per heavy atom. The maximum atomic E-state index is 13.4. The van der Waals surface area contributed by atoms with Crippen molar-refractivity contribution in [3.8, 4) is 28.1 Å². The zero-order chi connectivity index (χ0) is 24.5. The number of fused-ring (bicyclic) bond motifs is 1. The van der Waals surface area contributed by atoms with Gasteiger partial charge in [0.15, 0.2) is 0 Å². The zero-order valence-electron chi connectivity index (χ0n) is 20.1. The first-order chi connectivity index (χ1) is 17.0. The highest BCUT2D eigenvalue weighted by Crippen LogP contribution is 2.45. The van der Waals surface area contributed by atoms with E-state index in [4.69, 9.17) is 4.74 Å². The van der Waals surface area contributed by atoms with Crippen LogP contribution in [0.2, 0.25) is 0 Å². The van der Waals surface area contributed by atoms with E-state index in [9.17, 15) is 14.7 Å². The molecule has 1 saturated heterocycles. The number of carbonyl (C=O) groups is 2. The molecule has 9 heteroatoms. The fourth-order valence-corrected chi connectivity index (χ4v) is 5.67. The number of halogens is 1. The van der Waals surface area contributed by atoms with Crippen molar-refractivity contribution < 1.29 is 19.4 Å². The number of ether oxygens (including phenoxy) is 1. The predicted molar refractivity (Wildman–Crippen MR) is 146 cm³/mol. The molecule has 1 aliphatic rings. The van der Waals surface area contributed by atoms with Gasteiger partial charge < -0.3 is 24.2 Å². The summed E-state index contributed by atoms with van der Waals surface area (Å²) in [5.41, 5.74) is 4.53. The highest BCUT2D eigenvalue weighted by molar-refractivity contribution is 7.21. The van der Waals surface area contributed by atoms with Gasteiger partial charge in [-0.05, 0) is 48.5 Å². The molecule has 3 heterocycles. The molecule has 0 aliphatic carbocycles. The Hall–Kier alpha value is -3.33. The number of methoxy groups -OCH3 is 1. The number of piperazine rings is 1. The van der Waals surface area contributed by atoms with E-state index in [1.54, 1.807) is 13.2 Å². The van der Waals surface area contributed by atoms with E-state index in [1.807, 2.05) is 64.1 Å². The lowest BCUT2D eigenvalue weighted by Gasteiger charge is -2.32. The molecule has 0 atom stereocenters. The number of amides is 1. The summed E-state index contributed by atoms with van der Waals surface area (Å²) in [5, 5.41) is 9.72. The molecule has 5 rings (SSSR count). The van der Waals surface area contributed by atoms with Crippen molar-refractivity contribution >= 4 is 45.8 Å². The minimum atomic E-state index is -0.965. The maximum Gasteiger partial charge on any atom is 0.345 e. The fourth-order valence-electron chi connectivity index (χ4n) is 4.61. The molecular formula is C27H28ClN3O4S. The summed E-state index contributed by atoms with van der Waals surface area (Å²) in [4.78, 5) is 29.7. The number of rotatable bonds is 6. The molecule has 0 radical (unpaired) electrons. The van der Waals surface area contributed by atoms with E-state index >= 15 is 0 Å². The van der Waals surface area contributed by atoms with Crippen molar-refractivity contribution in [2.45, 2.75) is 6.54 Å². The van der Waals surface area contributed by atoms with E-state index < -0.39 is 5.97 Å². The van der Waals surface area contributed by atoms with Gasteiger partial charge in [0, 0.05) is 31.7 Å². The minimum absolute atomic E-state index is 0.